The van der Waals surface area contributed by atoms with E-state index >= 15 is 0 Å². The number of aliphatic imine (C=N–C) groups is 1. The Morgan fingerprint density at radius 1 is 1.38 bits per heavy atom. The quantitative estimate of drug-likeness (QED) is 0.841. The standard InChI is InChI=1S/C18H16N2O3S/c19-9-14-13-6-2-4-8-16(13)24-18(14)20-10-12-5-1-3-7-15(12)23-11-17(21)22/h1,3,5,7,10H,2,4,6,8,11H2,(H,21,22)/b20-10+. The van der Waals surface area contributed by atoms with Gasteiger partial charge in [-0.15, -0.1) is 11.3 Å². The van der Waals surface area contributed by atoms with Crippen molar-refractivity contribution in [2.75, 3.05) is 6.61 Å². The van der Waals surface area contributed by atoms with E-state index in [0.717, 1.165) is 36.2 Å². The summed E-state index contributed by atoms with van der Waals surface area (Å²) in [6.45, 7) is -0.401. The number of fused-ring (bicyclic) bond motifs is 1. The molecule has 0 atom stereocenters. The molecule has 0 radical (unpaired) electrons. The fourth-order valence-electron chi connectivity index (χ4n) is 2.74. The lowest BCUT2D eigenvalue weighted by Crippen LogP contribution is -2.10. The van der Waals surface area contributed by atoms with E-state index in [2.05, 4.69) is 11.1 Å². The number of carboxylic acids is 1. The van der Waals surface area contributed by atoms with Crippen molar-refractivity contribution in [1.29, 1.82) is 5.26 Å². The molecule has 1 aliphatic carbocycles. The van der Waals surface area contributed by atoms with Crippen molar-refractivity contribution in [2.24, 2.45) is 4.99 Å². The Balaban J connectivity index is 1.88. The number of carbonyl (C=O) groups is 1. The minimum absolute atomic E-state index is 0.401. The summed E-state index contributed by atoms with van der Waals surface area (Å²) < 4.78 is 5.27. The number of nitrogens with zero attached hydrogens (tertiary/aromatic N) is 2. The zero-order valence-corrected chi connectivity index (χ0v) is 13.8. The number of ether oxygens (including phenoxy) is 1. The summed E-state index contributed by atoms with van der Waals surface area (Å²) in [5.74, 6) is -0.567. The predicted octanol–water partition coefficient (Wildman–Crippen LogP) is 3.71. The predicted molar refractivity (Wildman–Crippen MR) is 92.5 cm³/mol. The summed E-state index contributed by atoms with van der Waals surface area (Å²) in [5, 5.41) is 18.9. The molecule has 1 aromatic carbocycles. The minimum Gasteiger partial charge on any atom is -0.481 e. The molecular weight excluding hydrogens is 324 g/mol. The van der Waals surface area contributed by atoms with Gasteiger partial charge in [-0.1, -0.05) is 12.1 Å². The molecule has 0 unspecified atom stereocenters. The lowest BCUT2D eigenvalue weighted by Gasteiger charge is -2.09. The lowest BCUT2D eigenvalue weighted by atomic mass is 9.96. The molecule has 24 heavy (non-hydrogen) atoms. The molecule has 0 aliphatic heterocycles. The highest BCUT2D eigenvalue weighted by Gasteiger charge is 2.20. The van der Waals surface area contributed by atoms with Gasteiger partial charge in [0, 0.05) is 16.7 Å². The second-order valence-electron chi connectivity index (χ2n) is 5.48. The van der Waals surface area contributed by atoms with E-state index in [1.54, 1.807) is 35.8 Å². The van der Waals surface area contributed by atoms with E-state index in [4.69, 9.17) is 9.84 Å². The number of thiophene rings is 1. The minimum atomic E-state index is -1.03. The highest BCUT2D eigenvalue weighted by atomic mass is 32.1. The molecule has 1 aliphatic rings. The molecule has 1 N–H and O–H groups in total. The first-order chi connectivity index (χ1) is 11.7. The van der Waals surface area contributed by atoms with Crippen molar-refractivity contribution < 1.29 is 14.6 Å². The van der Waals surface area contributed by atoms with Gasteiger partial charge < -0.3 is 9.84 Å². The van der Waals surface area contributed by atoms with E-state index in [0.29, 0.717) is 16.9 Å². The van der Waals surface area contributed by atoms with Crippen LogP contribution >= 0.6 is 11.3 Å². The molecule has 6 heteroatoms. The first-order valence-corrected chi connectivity index (χ1v) is 8.53. The molecule has 122 valence electrons. The maximum Gasteiger partial charge on any atom is 0.341 e. The molecule has 0 bridgehead atoms. The van der Waals surface area contributed by atoms with Crippen molar-refractivity contribution >= 4 is 28.5 Å². The van der Waals surface area contributed by atoms with Gasteiger partial charge in [0.2, 0.25) is 0 Å². The summed E-state index contributed by atoms with van der Waals surface area (Å²) in [6, 6.07) is 9.40. The Kier molecular flexibility index (Phi) is 4.92. The number of benzene rings is 1. The van der Waals surface area contributed by atoms with Gasteiger partial charge in [0.05, 0.1) is 5.56 Å². The number of aryl methyl sites for hydroxylation is 1. The highest BCUT2D eigenvalue weighted by Crippen LogP contribution is 2.39. The third-order valence-electron chi connectivity index (χ3n) is 3.86. The van der Waals surface area contributed by atoms with Gasteiger partial charge in [-0.25, -0.2) is 9.79 Å². The maximum absolute atomic E-state index is 10.7. The number of aliphatic carboxylic acids is 1. The van der Waals surface area contributed by atoms with E-state index in [1.165, 1.54) is 4.88 Å². The summed E-state index contributed by atoms with van der Waals surface area (Å²) in [6.07, 6.45) is 5.88. The van der Waals surface area contributed by atoms with Crippen LogP contribution in [0.5, 0.6) is 5.75 Å². The number of rotatable bonds is 5. The molecule has 1 heterocycles. The molecule has 0 saturated carbocycles. The van der Waals surface area contributed by atoms with E-state index in [9.17, 15) is 10.1 Å². The summed E-state index contributed by atoms with van der Waals surface area (Å²) in [5.41, 5.74) is 2.51. The molecule has 1 aromatic heterocycles. The zero-order chi connectivity index (χ0) is 16.9. The third-order valence-corrected chi connectivity index (χ3v) is 5.06. The first-order valence-electron chi connectivity index (χ1n) is 7.71. The third kappa shape index (κ3) is 3.47. The topological polar surface area (TPSA) is 82.7 Å². The molecule has 3 rings (SSSR count). The number of nitriles is 1. The van der Waals surface area contributed by atoms with E-state index in [1.807, 2.05) is 6.07 Å². The van der Waals surface area contributed by atoms with Crippen molar-refractivity contribution in [3.05, 3.63) is 45.8 Å². The van der Waals surface area contributed by atoms with Gasteiger partial charge in [0.1, 0.15) is 16.8 Å². The second kappa shape index (κ2) is 7.28. The average molecular weight is 340 g/mol. The van der Waals surface area contributed by atoms with Crippen molar-refractivity contribution in [1.82, 2.24) is 0 Å². The Labute approximate surface area is 143 Å². The van der Waals surface area contributed by atoms with Crippen LogP contribution in [0.25, 0.3) is 0 Å². The van der Waals surface area contributed by atoms with Crippen molar-refractivity contribution in [3.8, 4) is 11.8 Å². The van der Waals surface area contributed by atoms with Crippen LogP contribution in [-0.2, 0) is 17.6 Å². The summed E-state index contributed by atoms with van der Waals surface area (Å²) >= 11 is 1.57. The summed E-state index contributed by atoms with van der Waals surface area (Å²) in [4.78, 5) is 16.4. The van der Waals surface area contributed by atoms with Crippen LogP contribution in [0.3, 0.4) is 0 Å². The monoisotopic (exact) mass is 340 g/mol. The fraction of sp³-hybridized carbons (Fsp3) is 0.278. The Hall–Kier alpha value is -2.65. The van der Waals surface area contributed by atoms with Crippen LogP contribution in [-0.4, -0.2) is 23.9 Å². The van der Waals surface area contributed by atoms with Gasteiger partial charge in [-0.3, -0.25) is 0 Å². The second-order valence-corrected chi connectivity index (χ2v) is 6.56. The maximum atomic E-state index is 10.7. The van der Waals surface area contributed by atoms with Gasteiger partial charge in [-0.2, -0.15) is 5.26 Å². The molecule has 0 saturated heterocycles. The van der Waals surface area contributed by atoms with Crippen LogP contribution in [0.15, 0.2) is 29.3 Å². The van der Waals surface area contributed by atoms with E-state index < -0.39 is 12.6 Å². The smallest absolute Gasteiger partial charge is 0.341 e. The van der Waals surface area contributed by atoms with Crippen molar-refractivity contribution in [3.63, 3.8) is 0 Å². The SMILES string of the molecule is N#Cc1c(/N=C/c2ccccc2OCC(=O)O)sc2c1CCCC2. The average Bonchev–Trinajstić information content (AvgIpc) is 2.96. The van der Waals surface area contributed by atoms with Crippen molar-refractivity contribution in [2.45, 2.75) is 25.7 Å². The molecule has 0 fully saturated rings. The number of hydrogen-bond donors (Lipinski definition) is 1. The zero-order valence-electron chi connectivity index (χ0n) is 13.0. The van der Waals surface area contributed by atoms with Crippen LogP contribution < -0.4 is 4.74 Å². The van der Waals surface area contributed by atoms with Gasteiger partial charge in [-0.05, 0) is 43.4 Å². The molecule has 2 aromatic rings. The van der Waals surface area contributed by atoms with Crippen LogP contribution in [0, 0.1) is 11.3 Å². The number of para-hydroxylation sites is 1. The van der Waals surface area contributed by atoms with Crippen LogP contribution in [0.1, 0.15) is 34.4 Å². The molecule has 0 amide bonds. The first kappa shape index (κ1) is 16.2. The van der Waals surface area contributed by atoms with Crippen LogP contribution in [0.4, 0.5) is 5.00 Å². The molecule has 5 nitrogen and oxygen atoms in total. The van der Waals surface area contributed by atoms with Gasteiger partial charge in [0.15, 0.2) is 6.61 Å². The fourth-order valence-corrected chi connectivity index (χ4v) is 3.93. The normalized spacial score (nSPS) is 13.5. The number of hydrogen-bond acceptors (Lipinski definition) is 5. The van der Waals surface area contributed by atoms with Gasteiger partial charge in [0.25, 0.3) is 0 Å². The molecular formula is C18H16N2O3S. The Bertz CT molecular complexity index is 833. The number of carboxylic acid groups (broad SMARTS) is 1. The van der Waals surface area contributed by atoms with Gasteiger partial charge >= 0.3 is 5.97 Å². The Morgan fingerprint density at radius 2 is 2.17 bits per heavy atom. The van der Waals surface area contributed by atoms with Crippen LogP contribution in [0.2, 0.25) is 0 Å². The summed E-state index contributed by atoms with van der Waals surface area (Å²) in [7, 11) is 0. The Morgan fingerprint density at radius 3 is 2.96 bits per heavy atom. The lowest BCUT2D eigenvalue weighted by molar-refractivity contribution is -0.139. The van der Waals surface area contributed by atoms with E-state index in [-0.39, 0.29) is 0 Å². The highest BCUT2D eigenvalue weighted by molar-refractivity contribution is 7.16. The molecule has 0 spiro atoms. The largest absolute Gasteiger partial charge is 0.481 e.